The summed E-state index contributed by atoms with van der Waals surface area (Å²) in [6.45, 7) is 21.5. The molecule has 3 rings (SSSR count). The Labute approximate surface area is 136 Å². The Morgan fingerprint density at radius 3 is 2.77 bits per heavy atom. The Balaban J connectivity index is 1.98. The number of rotatable bonds is 2. The summed E-state index contributed by atoms with van der Waals surface area (Å²) in [6.07, 6.45) is 7.39. The van der Waals surface area contributed by atoms with Gasteiger partial charge in [-0.3, -0.25) is 0 Å². The molecule has 0 aromatic heterocycles. The van der Waals surface area contributed by atoms with Crippen LogP contribution in [-0.4, -0.2) is 5.54 Å². The summed E-state index contributed by atoms with van der Waals surface area (Å²) >= 11 is 0. The highest BCUT2D eigenvalue weighted by Crippen LogP contribution is 2.61. The van der Waals surface area contributed by atoms with Crippen LogP contribution in [0.2, 0.25) is 0 Å². The predicted octanol–water partition coefficient (Wildman–Crippen LogP) is 5.94. The highest BCUT2D eigenvalue weighted by atomic mass is 14.8. The first-order valence-electron chi connectivity index (χ1n) is 9.11. The van der Waals surface area contributed by atoms with E-state index >= 15 is 0 Å². The van der Waals surface area contributed by atoms with Crippen molar-refractivity contribution in [3.8, 4) is 6.57 Å². The average molecular weight is 298 g/mol. The molecule has 3 aliphatic rings. The van der Waals surface area contributed by atoms with Crippen LogP contribution >= 0.6 is 0 Å². The van der Waals surface area contributed by atoms with E-state index in [4.69, 9.17) is 6.57 Å². The monoisotopic (exact) mass is 298 g/mol. The van der Waals surface area contributed by atoms with Crippen molar-refractivity contribution in [1.29, 1.82) is 0 Å². The number of allylic oxidation sites excluding steroid dienone is 2. The Kier molecular flexibility index (Phi) is 4.00. The molecule has 0 bridgehead atoms. The Morgan fingerprint density at radius 2 is 2.14 bits per heavy atom. The normalized spacial score (nSPS) is 47.5. The molecule has 7 unspecified atom stereocenters. The highest BCUT2D eigenvalue weighted by Gasteiger charge is 2.60. The zero-order valence-electron chi connectivity index (χ0n) is 14.6. The summed E-state index contributed by atoms with van der Waals surface area (Å²) in [6, 6.07) is 0. The largest absolute Gasteiger partial charge is 0.281 e. The first-order valence-corrected chi connectivity index (χ1v) is 9.11. The van der Waals surface area contributed by atoms with Crippen molar-refractivity contribution >= 4 is 0 Å². The molecular formula is C21H32N+. The SMILES string of the molecule is C#[N+]C1(C)CCC2C(C)CC(CC(=C)C)C3C(=C)CCC1C23. The van der Waals surface area contributed by atoms with Gasteiger partial charge in [0.2, 0.25) is 0 Å². The second-order valence-corrected chi connectivity index (χ2v) is 8.73. The van der Waals surface area contributed by atoms with E-state index in [0.29, 0.717) is 11.8 Å². The minimum Gasteiger partial charge on any atom is -0.100 e. The van der Waals surface area contributed by atoms with Gasteiger partial charge in [-0.05, 0) is 68.6 Å². The summed E-state index contributed by atoms with van der Waals surface area (Å²) < 4.78 is 0. The van der Waals surface area contributed by atoms with Gasteiger partial charge in [-0.1, -0.05) is 29.5 Å². The van der Waals surface area contributed by atoms with Crippen molar-refractivity contribution in [2.75, 3.05) is 0 Å². The molecule has 0 spiro atoms. The van der Waals surface area contributed by atoms with Gasteiger partial charge < -0.3 is 0 Å². The lowest BCUT2D eigenvalue weighted by Crippen LogP contribution is -2.55. The second-order valence-electron chi connectivity index (χ2n) is 8.73. The second kappa shape index (κ2) is 5.55. The number of hydrogen-bond acceptors (Lipinski definition) is 0. The first-order chi connectivity index (χ1) is 10.4. The molecule has 0 aromatic carbocycles. The molecule has 0 heterocycles. The maximum Gasteiger partial charge on any atom is 0.281 e. The standard InChI is InChI=1S/C21H32N/c1-13(2)11-16-12-15(4)17-9-10-21(5,22-6)18-8-7-14(3)19(16)20(17)18/h6,15-20H,1,3,7-12H2,2,4-5H3/q+1. The van der Waals surface area contributed by atoms with Crippen molar-refractivity contribution in [1.82, 2.24) is 0 Å². The van der Waals surface area contributed by atoms with E-state index in [1.807, 2.05) is 0 Å². The third kappa shape index (κ3) is 2.36. The van der Waals surface area contributed by atoms with E-state index in [-0.39, 0.29) is 5.54 Å². The quantitative estimate of drug-likeness (QED) is 0.556. The van der Waals surface area contributed by atoms with E-state index in [1.54, 1.807) is 0 Å². The molecule has 120 valence electrons. The van der Waals surface area contributed by atoms with E-state index in [2.05, 4.69) is 38.8 Å². The molecular weight excluding hydrogens is 266 g/mol. The molecule has 1 nitrogen and oxygen atoms in total. The maximum absolute atomic E-state index is 5.87. The third-order valence-electron chi connectivity index (χ3n) is 7.22. The molecule has 3 fully saturated rings. The van der Waals surface area contributed by atoms with Crippen LogP contribution in [0.4, 0.5) is 0 Å². The summed E-state index contributed by atoms with van der Waals surface area (Å²) in [5.74, 6) is 4.49. The van der Waals surface area contributed by atoms with Crippen LogP contribution in [0.15, 0.2) is 24.3 Å². The lowest BCUT2D eigenvalue weighted by molar-refractivity contribution is -0.0490. The van der Waals surface area contributed by atoms with Gasteiger partial charge in [-0.2, -0.15) is 0 Å². The zero-order chi connectivity index (χ0) is 16.1. The van der Waals surface area contributed by atoms with E-state index in [0.717, 1.165) is 23.7 Å². The molecule has 22 heavy (non-hydrogen) atoms. The van der Waals surface area contributed by atoms with Crippen LogP contribution in [0.5, 0.6) is 0 Å². The van der Waals surface area contributed by atoms with Crippen molar-refractivity contribution < 1.29 is 0 Å². The van der Waals surface area contributed by atoms with E-state index in [9.17, 15) is 0 Å². The molecule has 1 heteroatoms. The maximum atomic E-state index is 5.87. The van der Waals surface area contributed by atoms with Gasteiger partial charge in [0.1, 0.15) is 0 Å². The molecule has 3 saturated carbocycles. The minimum absolute atomic E-state index is 0.00898. The fourth-order valence-electron chi connectivity index (χ4n) is 6.28. The third-order valence-corrected chi connectivity index (χ3v) is 7.22. The number of hydrogen-bond donors (Lipinski definition) is 0. The van der Waals surface area contributed by atoms with Crippen molar-refractivity contribution in [2.45, 2.75) is 64.8 Å². The van der Waals surface area contributed by atoms with Gasteiger partial charge in [0.15, 0.2) is 0 Å². The van der Waals surface area contributed by atoms with Crippen LogP contribution < -0.4 is 0 Å². The summed E-state index contributed by atoms with van der Waals surface area (Å²) in [5.41, 5.74) is 2.82. The minimum atomic E-state index is -0.00898. The summed E-state index contributed by atoms with van der Waals surface area (Å²) in [4.78, 5) is 4.38. The molecule has 0 radical (unpaired) electrons. The van der Waals surface area contributed by atoms with Gasteiger partial charge in [0, 0.05) is 19.3 Å². The highest BCUT2D eigenvalue weighted by molar-refractivity contribution is 5.21. The van der Waals surface area contributed by atoms with Gasteiger partial charge in [0.25, 0.3) is 12.1 Å². The van der Waals surface area contributed by atoms with Gasteiger partial charge in [-0.15, -0.1) is 6.58 Å². The van der Waals surface area contributed by atoms with Crippen LogP contribution in [0.25, 0.3) is 4.85 Å². The molecule has 7 atom stereocenters. The molecule has 0 aromatic rings. The van der Waals surface area contributed by atoms with Crippen molar-refractivity contribution in [3.63, 3.8) is 0 Å². The molecule has 0 saturated heterocycles. The molecule has 0 amide bonds. The zero-order valence-corrected chi connectivity index (χ0v) is 14.6. The molecule has 0 aliphatic heterocycles. The van der Waals surface area contributed by atoms with Gasteiger partial charge in [0.05, 0.1) is 0 Å². The molecule has 3 aliphatic carbocycles. The topological polar surface area (TPSA) is 4.36 Å². The first kappa shape index (κ1) is 15.9. The van der Waals surface area contributed by atoms with Crippen LogP contribution in [0.3, 0.4) is 0 Å². The predicted molar refractivity (Wildman–Crippen MR) is 95.0 cm³/mol. The lowest BCUT2D eigenvalue weighted by Gasteiger charge is -2.56. The fourth-order valence-corrected chi connectivity index (χ4v) is 6.28. The van der Waals surface area contributed by atoms with Crippen LogP contribution in [0, 0.1) is 42.1 Å². The van der Waals surface area contributed by atoms with Gasteiger partial charge >= 0.3 is 0 Å². The van der Waals surface area contributed by atoms with E-state index < -0.39 is 0 Å². The van der Waals surface area contributed by atoms with E-state index in [1.165, 1.54) is 49.7 Å². The Morgan fingerprint density at radius 1 is 1.41 bits per heavy atom. The fraction of sp³-hybridized carbons (Fsp3) is 0.762. The Bertz CT molecular complexity index is 525. The summed E-state index contributed by atoms with van der Waals surface area (Å²) in [5, 5.41) is 0. The van der Waals surface area contributed by atoms with Gasteiger partial charge in [-0.25, -0.2) is 0 Å². The van der Waals surface area contributed by atoms with Crippen LogP contribution in [-0.2, 0) is 0 Å². The smallest absolute Gasteiger partial charge is 0.100 e. The Hall–Kier alpha value is -1.03. The van der Waals surface area contributed by atoms with Crippen molar-refractivity contribution in [2.24, 2.45) is 35.5 Å². The summed E-state index contributed by atoms with van der Waals surface area (Å²) in [7, 11) is 0. The molecule has 0 N–H and O–H groups in total. The van der Waals surface area contributed by atoms with Crippen LogP contribution in [0.1, 0.15) is 59.3 Å². The average Bonchev–Trinajstić information content (AvgIpc) is 2.45. The lowest BCUT2D eigenvalue weighted by atomic mass is 9.46. The van der Waals surface area contributed by atoms with Crippen molar-refractivity contribution in [3.05, 3.63) is 29.1 Å². The number of nitrogens with zero attached hydrogens (tertiary/aromatic N) is 1.